The molecule has 2 heterocycles. The quantitative estimate of drug-likeness (QED) is 0.342. The number of carbonyl (C=O) groups excluding carboxylic acids is 5. The van der Waals surface area contributed by atoms with Gasteiger partial charge in [0.1, 0.15) is 18.1 Å². The van der Waals surface area contributed by atoms with Crippen molar-refractivity contribution in [2.75, 3.05) is 27.2 Å². The average Bonchev–Trinajstić information content (AvgIpc) is 3.78. The normalized spacial score (nSPS) is 28.7. The molecule has 0 aromatic heterocycles. The van der Waals surface area contributed by atoms with E-state index in [1.165, 1.54) is 19.1 Å². The van der Waals surface area contributed by atoms with Crippen LogP contribution in [0.2, 0.25) is 0 Å². The Morgan fingerprint density at radius 2 is 1.79 bits per heavy atom. The van der Waals surface area contributed by atoms with Crippen molar-refractivity contribution in [2.45, 2.75) is 75.4 Å². The first-order chi connectivity index (χ1) is 17.8. The smallest absolute Gasteiger partial charge is 0.378 e. The van der Waals surface area contributed by atoms with Gasteiger partial charge in [-0.25, -0.2) is 0 Å². The monoisotopic (exact) mass is 545 g/mol. The van der Waals surface area contributed by atoms with Crippen LogP contribution in [0.1, 0.15) is 44.9 Å². The number of hydrogen-bond donors (Lipinski definition) is 3. The van der Waals surface area contributed by atoms with Crippen LogP contribution in [0.25, 0.3) is 0 Å². The van der Waals surface area contributed by atoms with E-state index in [0.29, 0.717) is 0 Å². The van der Waals surface area contributed by atoms with E-state index < -0.39 is 59.4 Å². The maximum atomic E-state index is 13.9. The van der Waals surface area contributed by atoms with Crippen LogP contribution in [-0.4, -0.2) is 97.0 Å². The number of alkyl halides is 3. The molecule has 5 atom stereocenters. The van der Waals surface area contributed by atoms with Gasteiger partial charge >= 0.3 is 12.1 Å². The molecule has 2 aliphatic carbocycles. The molecule has 4 rings (SSSR count). The number of ether oxygens (including phenoxy) is 1. The summed E-state index contributed by atoms with van der Waals surface area (Å²) in [6.45, 7) is 0.0533. The molecular formula is C24H34F3N5O6. The first-order valence-corrected chi connectivity index (χ1v) is 12.8. The Labute approximate surface area is 217 Å². The summed E-state index contributed by atoms with van der Waals surface area (Å²) in [7, 11) is 2.74. The van der Waals surface area contributed by atoms with E-state index in [-0.39, 0.29) is 50.1 Å². The summed E-state index contributed by atoms with van der Waals surface area (Å²) in [6, 6.07) is -3.69. The highest BCUT2D eigenvalue weighted by Gasteiger charge is 2.60. The maximum Gasteiger partial charge on any atom is 0.471 e. The maximum absolute atomic E-state index is 13.9. The minimum Gasteiger partial charge on any atom is -0.378 e. The van der Waals surface area contributed by atoms with E-state index in [1.807, 2.05) is 0 Å². The van der Waals surface area contributed by atoms with E-state index >= 15 is 0 Å². The molecule has 0 bridgehead atoms. The van der Waals surface area contributed by atoms with Crippen molar-refractivity contribution in [2.24, 2.45) is 23.0 Å². The lowest BCUT2D eigenvalue weighted by Crippen LogP contribution is -2.58. The predicted octanol–water partition coefficient (Wildman–Crippen LogP) is -0.322. The van der Waals surface area contributed by atoms with E-state index in [4.69, 9.17) is 10.5 Å². The van der Waals surface area contributed by atoms with Gasteiger partial charge in [0.05, 0.1) is 11.5 Å². The van der Waals surface area contributed by atoms with Gasteiger partial charge in [-0.3, -0.25) is 24.0 Å². The van der Waals surface area contributed by atoms with Gasteiger partial charge in [-0.15, -0.1) is 0 Å². The summed E-state index contributed by atoms with van der Waals surface area (Å²) in [6.07, 6.45) is -2.44. The van der Waals surface area contributed by atoms with Crippen LogP contribution >= 0.6 is 0 Å². The third kappa shape index (κ3) is 5.59. The minimum atomic E-state index is -5.16. The lowest BCUT2D eigenvalue weighted by atomic mass is 9.81. The number of nitrogens with zero attached hydrogens (tertiary/aromatic N) is 2. The second kappa shape index (κ2) is 10.3. The first kappa shape index (κ1) is 28.1. The van der Waals surface area contributed by atoms with Crippen LogP contribution < -0.4 is 16.4 Å². The number of nitrogens with two attached hydrogens (primary N) is 1. The lowest BCUT2D eigenvalue weighted by Gasteiger charge is -2.35. The summed E-state index contributed by atoms with van der Waals surface area (Å²) in [5.41, 5.74) is 4.44. The Bertz CT molecular complexity index is 1000. The van der Waals surface area contributed by atoms with Crippen molar-refractivity contribution in [1.29, 1.82) is 0 Å². The summed E-state index contributed by atoms with van der Waals surface area (Å²) >= 11 is 0. The van der Waals surface area contributed by atoms with Gasteiger partial charge in [0.25, 0.3) is 0 Å². The number of likely N-dealkylation sites (N-methyl/N-ethyl adjacent to an activating group) is 1. The molecule has 11 nitrogen and oxygen atoms in total. The Hall–Kier alpha value is -2.90. The number of rotatable bonds is 10. The van der Waals surface area contributed by atoms with Crippen LogP contribution in [0.5, 0.6) is 0 Å². The fourth-order valence-electron chi connectivity index (χ4n) is 5.66. The number of likely N-dealkylation sites (tertiary alicyclic amines) is 1. The van der Waals surface area contributed by atoms with Crippen molar-refractivity contribution in [3.63, 3.8) is 0 Å². The molecule has 212 valence electrons. The largest absolute Gasteiger partial charge is 0.471 e. The van der Waals surface area contributed by atoms with Crippen LogP contribution in [0.3, 0.4) is 0 Å². The Morgan fingerprint density at radius 3 is 2.32 bits per heavy atom. The van der Waals surface area contributed by atoms with E-state index in [2.05, 4.69) is 5.32 Å². The van der Waals surface area contributed by atoms with E-state index in [9.17, 15) is 37.1 Å². The van der Waals surface area contributed by atoms with Crippen LogP contribution in [0.4, 0.5) is 13.2 Å². The zero-order chi connectivity index (χ0) is 28.0. The van der Waals surface area contributed by atoms with Gasteiger partial charge < -0.3 is 30.9 Å². The van der Waals surface area contributed by atoms with Gasteiger partial charge in [0.2, 0.25) is 23.6 Å². The zero-order valence-corrected chi connectivity index (χ0v) is 21.4. The van der Waals surface area contributed by atoms with Crippen LogP contribution in [-0.2, 0) is 28.7 Å². The highest BCUT2D eigenvalue weighted by molar-refractivity contribution is 5.97. The molecule has 14 heteroatoms. The predicted molar refractivity (Wildman–Crippen MR) is 125 cm³/mol. The van der Waals surface area contributed by atoms with Gasteiger partial charge in [0, 0.05) is 27.2 Å². The van der Waals surface area contributed by atoms with E-state index in [1.54, 1.807) is 5.32 Å². The van der Waals surface area contributed by atoms with Gasteiger partial charge in [-0.05, 0) is 31.1 Å². The Balaban J connectivity index is 1.58. The third-order valence-corrected chi connectivity index (χ3v) is 8.28. The summed E-state index contributed by atoms with van der Waals surface area (Å²) in [4.78, 5) is 66.5. The lowest BCUT2D eigenvalue weighted by molar-refractivity contribution is -0.175. The van der Waals surface area contributed by atoms with Crippen molar-refractivity contribution in [3.8, 4) is 0 Å². The molecule has 2 saturated carbocycles. The zero-order valence-electron chi connectivity index (χ0n) is 21.4. The van der Waals surface area contributed by atoms with Crippen LogP contribution in [0, 0.1) is 17.3 Å². The number of hydrogen-bond acceptors (Lipinski definition) is 6. The third-order valence-electron chi connectivity index (χ3n) is 8.28. The number of carbonyl (C=O) groups is 5. The summed E-state index contributed by atoms with van der Waals surface area (Å²) < 4.78 is 44.4. The average molecular weight is 546 g/mol. The van der Waals surface area contributed by atoms with Gasteiger partial charge in [-0.1, -0.05) is 25.7 Å². The SMILES string of the molecule is COC1CNC(=O)[C@]12C[C@@H](C(N)=O)N(C(=O)[C@H](CC1CC1)N(C)C(=O)[C@H](CC1CC1)NC(=O)C(F)(F)F)C2. The van der Waals surface area contributed by atoms with Gasteiger partial charge in [0.15, 0.2) is 0 Å². The first-order valence-electron chi connectivity index (χ1n) is 12.8. The molecule has 0 radical (unpaired) electrons. The topological polar surface area (TPSA) is 151 Å². The number of halogens is 3. The number of nitrogens with one attached hydrogen (secondary N) is 2. The number of amides is 5. The second-order valence-corrected chi connectivity index (χ2v) is 11.0. The van der Waals surface area contributed by atoms with Crippen LogP contribution in [0.15, 0.2) is 0 Å². The molecule has 2 saturated heterocycles. The second-order valence-electron chi connectivity index (χ2n) is 11.0. The Kier molecular flexibility index (Phi) is 7.65. The standard InChI is InChI=1S/C24H34F3N5O6/c1-31(19(34)14(7-12-3-4-12)30-22(37)24(25,26)27)15(8-13-5-6-13)20(35)32-11-23(9-16(32)18(28)33)17(38-2)10-29-21(23)36/h12-17H,3-11H2,1-2H3,(H2,28,33)(H,29,36)(H,30,37)/t14-,15-,16-,17?,23-/m0/s1. The molecule has 4 N–H and O–H groups in total. The molecule has 1 unspecified atom stereocenters. The minimum absolute atomic E-state index is 0.00741. The van der Waals surface area contributed by atoms with Crippen molar-refractivity contribution >= 4 is 29.5 Å². The van der Waals surface area contributed by atoms with Crippen molar-refractivity contribution in [1.82, 2.24) is 20.4 Å². The number of methoxy groups -OCH3 is 1. The molecule has 5 amide bonds. The summed E-state index contributed by atoms with van der Waals surface area (Å²) in [5, 5.41) is 4.51. The molecule has 0 aromatic rings. The molecule has 4 aliphatic rings. The molecule has 38 heavy (non-hydrogen) atoms. The van der Waals surface area contributed by atoms with Crippen molar-refractivity contribution in [3.05, 3.63) is 0 Å². The molecule has 0 aromatic carbocycles. The molecule has 4 fully saturated rings. The molecule has 1 spiro atoms. The van der Waals surface area contributed by atoms with E-state index in [0.717, 1.165) is 30.6 Å². The van der Waals surface area contributed by atoms with Crippen molar-refractivity contribution < 1.29 is 41.9 Å². The fraction of sp³-hybridized carbons (Fsp3) is 0.792. The highest BCUT2D eigenvalue weighted by Crippen LogP contribution is 2.43. The van der Waals surface area contributed by atoms with Gasteiger partial charge in [-0.2, -0.15) is 13.2 Å². The Morgan fingerprint density at radius 1 is 1.18 bits per heavy atom. The number of primary amides is 1. The molecule has 2 aliphatic heterocycles. The fourth-order valence-corrected chi connectivity index (χ4v) is 5.66. The summed E-state index contributed by atoms with van der Waals surface area (Å²) in [5.74, 6) is -4.70. The molecular weight excluding hydrogens is 511 g/mol. The highest BCUT2D eigenvalue weighted by atomic mass is 19.4.